The molecule has 0 fully saturated rings. The number of rotatable bonds is 10. The highest BCUT2D eigenvalue weighted by Gasteiger charge is 2.51. The van der Waals surface area contributed by atoms with Gasteiger partial charge in [-0.25, -0.2) is 0 Å². The Morgan fingerprint density at radius 2 is 1.36 bits per heavy atom. The first-order valence-corrected chi connectivity index (χ1v) is 16.3. The molecule has 194 valence electrons. The molecular weight excluding hydrogens is 552 g/mol. The van der Waals surface area contributed by atoms with Gasteiger partial charge < -0.3 is 14.6 Å². The molecule has 0 amide bonds. The molecule has 3 aromatic rings. The topological polar surface area (TPSA) is 66.8 Å². The van der Waals surface area contributed by atoms with Crippen LogP contribution in [0.15, 0.2) is 89.8 Å². The fourth-order valence-corrected chi connectivity index (χ4v) is 10.9. The molecular formula is C29H37BrO4SSi. The highest BCUT2D eigenvalue weighted by atomic mass is 79.9. The molecule has 0 aromatic heterocycles. The van der Waals surface area contributed by atoms with E-state index >= 15 is 0 Å². The van der Waals surface area contributed by atoms with E-state index in [2.05, 4.69) is 61.0 Å². The van der Waals surface area contributed by atoms with Gasteiger partial charge in [0.25, 0.3) is 8.32 Å². The summed E-state index contributed by atoms with van der Waals surface area (Å²) in [7, 11) is -4.24. The average molecular weight is 590 g/mol. The monoisotopic (exact) mass is 588 g/mol. The van der Waals surface area contributed by atoms with Crippen molar-refractivity contribution in [2.24, 2.45) is 0 Å². The van der Waals surface area contributed by atoms with Crippen LogP contribution in [0.2, 0.25) is 5.04 Å². The van der Waals surface area contributed by atoms with Crippen molar-refractivity contribution in [1.29, 1.82) is 0 Å². The lowest BCUT2D eigenvalue weighted by Crippen LogP contribution is -2.67. The van der Waals surface area contributed by atoms with Crippen molar-refractivity contribution in [3.63, 3.8) is 0 Å². The van der Waals surface area contributed by atoms with E-state index in [9.17, 15) is 14.4 Å². The lowest BCUT2D eigenvalue weighted by Gasteiger charge is -2.44. The predicted molar refractivity (Wildman–Crippen MR) is 155 cm³/mol. The molecule has 3 rings (SSSR count). The summed E-state index contributed by atoms with van der Waals surface area (Å²) in [4.78, 5) is 0.0433. The first-order chi connectivity index (χ1) is 16.9. The Bertz CT molecular complexity index is 1090. The molecule has 0 aliphatic rings. The molecule has 4 nitrogen and oxygen atoms in total. The van der Waals surface area contributed by atoms with E-state index in [0.717, 1.165) is 15.9 Å². The Hall–Kier alpha value is -1.61. The van der Waals surface area contributed by atoms with E-state index < -0.39 is 35.6 Å². The summed E-state index contributed by atoms with van der Waals surface area (Å²) in [5.41, 5.74) is -0.490. The summed E-state index contributed by atoms with van der Waals surface area (Å²) in [5.74, 6) is -0.0720. The third kappa shape index (κ3) is 6.26. The Labute approximate surface area is 227 Å². The van der Waals surface area contributed by atoms with Crippen molar-refractivity contribution in [2.45, 2.75) is 61.1 Å². The van der Waals surface area contributed by atoms with Crippen LogP contribution < -0.4 is 10.4 Å². The Morgan fingerprint density at radius 1 is 0.889 bits per heavy atom. The number of aliphatic hydroxyl groups excluding tert-OH is 1. The number of hydrogen-bond donors (Lipinski definition) is 2. The summed E-state index contributed by atoms with van der Waals surface area (Å²) in [5, 5.41) is 24.4. The molecule has 0 aliphatic heterocycles. The van der Waals surface area contributed by atoms with E-state index in [1.54, 1.807) is 19.1 Å². The van der Waals surface area contributed by atoms with Crippen LogP contribution in [0, 0.1) is 6.92 Å². The second-order valence-corrected chi connectivity index (χ2v) is 17.4. The Kier molecular flexibility index (Phi) is 9.52. The van der Waals surface area contributed by atoms with Gasteiger partial charge in [-0.2, -0.15) is 0 Å². The third-order valence-electron chi connectivity index (χ3n) is 6.76. The van der Waals surface area contributed by atoms with E-state index in [1.807, 2.05) is 55.5 Å². The summed E-state index contributed by atoms with van der Waals surface area (Å²) in [6.45, 7) is 10.3. The number of alkyl halides is 1. The van der Waals surface area contributed by atoms with Crippen LogP contribution in [0.1, 0.15) is 33.3 Å². The summed E-state index contributed by atoms with van der Waals surface area (Å²) in [6.07, 6.45) is -1.22. The van der Waals surface area contributed by atoms with Crippen molar-refractivity contribution < 1.29 is 18.8 Å². The minimum Gasteiger partial charge on any atom is -0.406 e. The third-order valence-corrected chi connectivity index (χ3v) is 14.4. The quantitative estimate of drug-likeness (QED) is 0.269. The number of aliphatic hydroxyl groups is 2. The van der Waals surface area contributed by atoms with Crippen LogP contribution in [0.5, 0.6) is 0 Å². The summed E-state index contributed by atoms with van der Waals surface area (Å²) in [6, 6.07) is 28.0. The van der Waals surface area contributed by atoms with Gasteiger partial charge in [0.05, 0.1) is 34.1 Å². The standard InChI is InChI=1S/C29H37BrO4SSi/c1-22-16-18-23(19-17-22)35(33)21-27(31)29(5,32)26(30)20-34-36(28(2,3)4,24-12-8-6-9-13-24)25-14-10-7-11-15-25/h6-19,26-27,31-32H,20-21H2,1-5H3/t26-,27+,29+,35?/m1/s1. The van der Waals surface area contributed by atoms with Crippen LogP contribution in [-0.2, 0) is 15.2 Å². The van der Waals surface area contributed by atoms with Gasteiger partial charge in [-0.1, -0.05) is 115 Å². The second-order valence-electron chi connectivity index (χ2n) is 10.5. The number of hydrogen-bond acceptors (Lipinski definition) is 4. The maximum absolute atomic E-state index is 12.9. The van der Waals surface area contributed by atoms with Crippen molar-refractivity contribution in [3.8, 4) is 0 Å². The van der Waals surface area contributed by atoms with Crippen LogP contribution in [-0.4, -0.2) is 51.6 Å². The van der Waals surface area contributed by atoms with Crippen molar-refractivity contribution in [1.82, 2.24) is 0 Å². The van der Waals surface area contributed by atoms with Crippen molar-refractivity contribution in [2.75, 3.05) is 12.4 Å². The van der Waals surface area contributed by atoms with Crippen molar-refractivity contribution in [3.05, 3.63) is 90.5 Å². The molecule has 7 heteroatoms. The van der Waals surface area contributed by atoms with Gasteiger partial charge in [-0.3, -0.25) is 4.21 Å². The van der Waals surface area contributed by atoms with E-state index in [0.29, 0.717) is 4.90 Å². The SMILES string of the molecule is Cc1ccc(S(=O)C[C@H](O)[C@@](C)(O)[C@H](Br)CO[Si](c2ccccc2)(c2ccccc2)C(C)(C)C)cc1. The zero-order chi connectivity index (χ0) is 26.6. The number of benzene rings is 3. The van der Waals surface area contributed by atoms with Gasteiger partial charge >= 0.3 is 0 Å². The van der Waals surface area contributed by atoms with Gasteiger partial charge in [0.2, 0.25) is 0 Å². The summed E-state index contributed by atoms with van der Waals surface area (Å²) < 4.78 is 19.8. The van der Waals surface area contributed by atoms with Gasteiger partial charge in [0, 0.05) is 4.90 Å². The molecule has 0 heterocycles. The molecule has 0 radical (unpaired) electrons. The molecule has 0 saturated carbocycles. The van der Waals surface area contributed by atoms with Crippen LogP contribution in [0.4, 0.5) is 0 Å². The van der Waals surface area contributed by atoms with E-state index in [-0.39, 0.29) is 17.4 Å². The fraction of sp³-hybridized carbons (Fsp3) is 0.379. The number of halogens is 1. The lowest BCUT2D eigenvalue weighted by atomic mass is 9.97. The molecule has 0 bridgehead atoms. The molecule has 1 unspecified atom stereocenters. The second kappa shape index (κ2) is 11.8. The predicted octanol–water partition coefficient (Wildman–Crippen LogP) is 4.55. The van der Waals surface area contributed by atoms with Gasteiger partial charge in [-0.15, -0.1) is 0 Å². The largest absolute Gasteiger partial charge is 0.406 e. The Morgan fingerprint density at radius 3 is 1.81 bits per heavy atom. The van der Waals surface area contributed by atoms with Gasteiger partial charge in [0.15, 0.2) is 0 Å². The number of aryl methyl sites for hydroxylation is 1. The maximum Gasteiger partial charge on any atom is 0.261 e. The lowest BCUT2D eigenvalue weighted by molar-refractivity contribution is -0.0557. The average Bonchev–Trinajstić information content (AvgIpc) is 2.85. The minimum absolute atomic E-state index is 0.0720. The van der Waals surface area contributed by atoms with Crippen LogP contribution >= 0.6 is 15.9 Å². The van der Waals surface area contributed by atoms with E-state index in [1.165, 1.54) is 0 Å². The van der Waals surface area contributed by atoms with Gasteiger partial charge in [0.1, 0.15) is 5.60 Å². The molecule has 3 aromatic carbocycles. The Balaban J connectivity index is 1.85. The van der Waals surface area contributed by atoms with Gasteiger partial charge in [-0.05, 0) is 41.4 Å². The zero-order valence-corrected chi connectivity index (χ0v) is 25.1. The van der Waals surface area contributed by atoms with Crippen LogP contribution in [0.3, 0.4) is 0 Å². The molecule has 0 saturated heterocycles. The first-order valence-electron chi connectivity index (χ1n) is 12.1. The minimum atomic E-state index is -2.80. The fourth-order valence-electron chi connectivity index (χ4n) is 4.44. The molecule has 0 spiro atoms. The van der Waals surface area contributed by atoms with Crippen molar-refractivity contribution >= 4 is 45.4 Å². The highest BCUT2D eigenvalue weighted by molar-refractivity contribution is 9.09. The van der Waals surface area contributed by atoms with E-state index in [4.69, 9.17) is 4.43 Å². The summed E-state index contributed by atoms with van der Waals surface area (Å²) >= 11 is 3.61. The van der Waals surface area contributed by atoms with Crippen LogP contribution in [0.25, 0.3) is 0 Å². The molecule has 36 heavy (non-hydrogen) atoms. The molecule has 0 aliphatic carbocycles. The normalized spacial score (nSPS) is 16.7. The molecule has 2 N–H and O–H groups in total. The smallest absolute Gasteiger partial charge is 0.261 e. The highest BCUT2D eigenvalue weighted by Crippen LogP contribution is 2.37. The maximum atomic E-state index is 12.9. The zero-order valence-electron chi connectivity index (χ0n) is 21.6. The molecule has 4 atom stereocenters. The first kappa shape index (κ1) is 29.0.